The van der Waals surface area contributed by atoms with E-state index in [1.807, 2.05) is 54.6 Å². The van der Waals surface area contributed by atoms with E-state index in [1.165, 1.54) is 0 Å². The molecule has 0 saturated heterocycles. The maximum absolute atomic E-state index is 12.2. The van der Waals surface area contributed by atoms with E-state index in [9.17, 15) is 9.59 Å². The van der Waals surface area contributed by atoms with Crippen LogP contribution < -0.4 is 14.8 Å². The van der Waals surface area contributed by atoms with Crippen molar-refractivity contribution in [2.24, 2.45) is 0 Å². The topological polar surface area (TPSA) is 73.9 Å². The summed E-state index contributed by atoms with van der Waals surface area (Å²) in [5.74, 6) is 0.488. The molecule has 3 rings (SSSR count). The van der Waals surface area contributed by atoms with Gasteiger partial charge in [-0.05, 0) is 35.6 Å². The van der Waals surface area contributed by atoms with Gasteiger partial charge in [-0.15, -0.1) is 0 Å². The van der Waals surface area contributed by atoms with Crippen molar-refractivity contribution < 1.29 is 23.8 Å². The quantitative estimate of drug-likeness (QED) is 0.586. The molecule has 0 heterocycles. The molecule has 0 radical (unpaired) electrons. The molecular weight excluding hydrogens is 370 g/mol. The monoisotopic (exact) mass is 393 g/mol. The average molecular weight is 393 g/mol. The number of carbonyl (C=O) groups excluding carboxylic acids is 2. The molecule has 0 aliphatic rings. The molecule has 3 aromatic rings. The van der Waals surface area contributed by atoms with Crippen molar-refractivity contribution in [3.63, 3.8) is 0 Å². The molecule has 0 aliphatic heterocycles. The molecule has 0 aromatic heterocycles. The molecule has 0 saturated carbocycles. The van der Waals surface area contributed by atoms with Crippen LogP contribution in [0.25, 0.3) is 10.8 Å². The number of ether oxygens (including phenoxy) is 3. The van der Waals surface area contributed by atoms with E-state index in [4.69, 9.17) is 14.2 Å². The molecule has 150 valence electrons. The van der Waals surface area contributed by atoms with Gasteiger partial charge in [-0.2, -0.15) is 0 Å². The number of amides is 1. The molecule has 1 amide bonds. The Bertz CT molecular complexity index is 988. The first kappa shape index (κ1) is 20.2. The van der Waals surface area contributed by atoms with Crippen LogP contribution in [-0.4, -0.2) is 32.7 Å². The highest BCUT2D eigenvalue weighted by Crippen LogP contribution is 2.24. The van der Waals surface area contributed by atoms with Crippen molar-refractivity contribution in [3.8, 4) is 11.5 Å². The second-order valence-corrected chi connectivity index (χ2v) is 6.46. The van der Waals surface area contributed by atoms with Gasteiger partial charge >= 0.3 is 5.97 Å². The Morgan fingerprint density at radius 1 is 0.897 bits per heavy atom. The summed E-state index contributed by atoms with van der Waals surface area (Å²) in [7, 11) is 3.14. The van der Waals surface area contributed by atoms with Crippen LogP contribution in [0.3, 0.4) is 0 Å². The molecule has 0 bridgehead atoms. The zero-order chi connectivity index (χ0) is 20.6. The number of nitrogens with one attached hydrogen (secondary N) is 1. The van der Waals surface area contributed by atoms with E-state index in [2.05, 4.69) is 5.32 Å². The smallest absolute Gasteiger partial charge is 0.306 e. The highest BCUT2D eigenvalue weighted by atomic mass is 16.5. The summed E-state index contributed by atoms with van der Waals surface area (Å²) in [5, 5.41) is 4.75. The SMILES string of the molecule is COc1cc(CCC(=O)OCC(=O)Nc2cccc3ccccc23)cc(OC)c1. The lowest BCUT2D eigenvalue weighted by Gasteiger charge is -2.10. The molecule has 0 fully saturated rings. The highest BCUT2D eigenvalue weighted by molar-refractivity contribution is 6.02. The fourth-order valence-electron chi connectivity index (χ4n) is 3.00. The van der Waals surface area contributed by atoms with Crippen LogP contribution in [0.4, 0.5) is 5.69 Å². The van der Waals surface area contributed by atoms with E-state index < -0.39 is 5.97 Å². The number of esters is 1. The standard InChI is InChI=1S/C23H23NO5/c1-27-18-12-16(13-19(14-18)28-2)10-11-23(26)29-15-22(25)24-21-9-5-7-17-6-3-4-8-20(17)21/h3-9,12-14H,10-11,15H2,1-2H3,(H,24,25). The number of rotatable bonds is 8. The van der Waals surface area contributed by atoms with Gasteiger partial charge in [-0.3, -0.25) is 9.59 Å². The number of hydrogen-bond donors (Lipinski definition) is 1. The van der Waals surface area contributed by atoms with Crippen molar-refractivity contribution in [2.75, 3.05) is 26.1 Å². The Labute approximate surface area is 169 Å². The number of carbonyl (C=O) groups is 2. The van der Waals surface area contributed by atoms with E-state index in [0.29, 0.717) is 23.6 Å². The van der Waals surface area contributed by atoms with Gasteiger partial charge < -0.3 is 19.5 Å². The predicted molar refractivity (Wildman–Crippen MR) is 111 cm³/mol. The summed E-state index contributed by atoms with van der Waals surface area (Å²) in [6, 6.07) is 18.8. The van der Waals surface area contributed by atoms with E-state index in [0.717, 1.165) is 16.3 Å². The molecule has 6 nitrogen and oxygen atoms in total. The van der Waals surface area contributed by atoms with Gasteiger partial charge in [0.1, 0.15) is 11.5 Å². The first-order chi connectivity index (χ1) is 14.1. The third-order valence-corrected chi connectivity index (χ3v) is 4.46. The van der Waals surface area contributed by atoms with Gasteiger partial charge in [0.2, 0.25) is 0 Å². The molecule has 0 unspecified atom stereocenters. The van der Waals surface area contributed by atoms with Crippen LogP contribution in [0.1, 0.15) is 12.0 Å². The van der Waals surface area contributed by atoms with Crippen LogP contribution in [0.2, 0.25) is 0 Å². The maximum Gasteiger partial charge on any atom is 0.306 e. The Hall–Kier alpha value is -3.54. The second kappa shape index (κ2) is 9.59. The fraction of sp³-hybridized carbons (Fsp3) is 0.217. The first-order valence-electron chi connectivity index (χ1n) is 9.24. The summed E-state index contributed by atoms with van der Waals surface area (Å²) >= 11 is 0. The van der Waals surface area contributed by atoms with Crippen molar-refractivity contribution in [1.82, 2.24) is 0 Å². The summed E-state index contributed by atoms with van der Waals surface area (Å²) < 4.78 is 15.6. The van der Waals surface area contributed by atoms with Gasteiger partial charge in [-0.25, -0.2) is 0 Å². The average Bonchev–Trinajstić information content (AvgIpc) is 2.76. The zero-order valence-corrected chi connectivity index (χ0v) is 16.4. The minimum Gasteiger partial charge on any atom is -0.497 e. The zero-order valence-electron chi connectivity index (χ0n) is 16.4. The Balaban J connectivity index is 1.51. The molecule has 0 spiro atoms. The Morgan fingerprint density at radius 2 is 1.59 bits per heavy atom. The van der Waals surface area contributed by atoms with Crippen LogP contribution in [0.15, 0.2) is 60.7 Å². The third kappa shape index (κ3) is 5.48. The third-order valence-electron chi connectivity index (χ3n) is 4.46. The molecule has 6 heteroatoms. The van der Waals surface area contributed by atoms with E-state index in [-0.39, 0.29) is 18.9 Å². The lowest BCUT2D eigenvalue weighted by molar-refractivity contribution is -0.147. The molecular formula is C23H23NO5. The largest absolute Gasteiger partial charge is 0.497 e. The van der Waals surface area contributed by atoms with Crippen LogP contribution >= 0.6 is 0 Å². The predicted octanol–water partition coefficient (Wildman–Crippen LogP) is 3.97. The number of benzene rings is 3. The van der Waals surface area contributed by atoms with Gasteiger partial charge in [0, 0.05) is 23.6 Å². The second-order valence-electron chi connectivity index (χ2n) is 6.46. The lowest BCUT2D eigenvalue weighted by atomic mass is 10.1. The van der Waals surface area contributed by atoms with Gasteiger partial charge in [-0.1, -0.05) is 36.4 Å². The number of anilines is 1. The summed E-state index contributed by atoms with van der Waals surface area (Å²) in [5.41, 5.74) is 1.57. The summed E-state index contributed by atoms with van der Waals surface area (Å²) in [6.07, 6.45) is 0.606. The number of hydrogen-bond acceptors (Lipinski definition) is 5. The highest BCUT2D eigenvalue weighted by Gasteiger charge is 2.11. The Morgan fingerprint density at radius 3 is 2.31 bits per heavy atom. The van der Waals surface area contributed by atoms with Crippen molar-refractivity contribution >= 4 is 28.3 Å². The minimum atomic E-state index is -0.445. The number of aryl methyl sites for hydroxylation is 1. The van der Waals surface area contributed by atoms with Crippen LogP contribution in [0, 0.1) is 0 Å². The van der Waals surface area contributed by atoms with Crippen molar-refractivity contribution in [2.45, 2.75) is 12.8 Å². The minimum absolute atomic E-state index is 0.151. The molecule has 29 heavy (non-hydrogen) atoms. The van der Waals surface area contributed by atoms with Gasteiger partial charge in [0.25, 0.3) is 5.91 Å². The van der Waals surface area contributed by atoms with Gasteiger partial charge in [0.05, 0.1) is 14.2 Å². The number of fused-ring (bicyclic) bond motifs is 1. The summed E-state index contributed by atoms with van der Waals surface area (Å²) in [6.45, 7) is -0.330. The Kier molecular flexibility index (Phi) is 6.68. The van der Waals surface area contributed by atoms with Crippen LogP contribution in [-0.2, 0) is 20.7 Å². The molecule has 1 N–H and O–H groups in total. The van der Waals surface area contributed by atoms with Crippen molar-refractivity contribution in [1.29, 1.82) is 0 Å². The summed E-state index contributed by atoms with van der Waals surface area (Å²) in [4.78, 5) is 24.2. The van der Waals surface area contributed by atoms with E-state index >= 15 is 0 Å². The molecule has 0 aliphatic carbocycles. The molecule has 0 atom stereocenters. The van der Waals surface area contributed by atoms with E-state index in [1.54, 1.807) is 20.3 Å². The fourth-order valence-corrected chi connectivity index (χ4v) is 3.00. The van der Waals surface area contributed by atoms with Crippen molar-refractivity contribution in [3.05, 3.63) is 66.2 Å². The number of methoxy groups -OCH3 is 2. The normalized spacial score (nSPS) is 10.4. The molecule has 3 aromatic carbocycles. The maximum atomic E-state index is 12.2. The van der Waals surface area contributed by atoms with Gasteiger partial charge in [0.15, 0.2) is 6.61 Å². The van der Waals surface area contributed by atoms with Crippen LogP contribution in [0.5, 0.6) is 11.5 Å². The lowest BCUT2D eigenvalue weighted by Crippen LogP contribution is -2.21. The first-order valence-corrected chi connectivity index (χ1v) is 9.24.